The number of carbonyl (C=O) groups excluding carboxylic acids is 1. The highest BCUT2D eigenvalue weighted by atomic mass is 19.3. The van der Waals surface area contributed by atoms with Gasteiger partial charge in [-0.25, -0.2) is 22.0 Å². The summed E-state index contributed by atoms with van der Waals surface area (Å²) in [4.78, 5) is 13.0. The standard InChI is InChI=1S/C19H11F7N2O2/c1-4-5-28-10-6-8(9(20)7-11(10)30-19(25,26)18(28)29)12-13(21)15(23)17(27(2)3)16(24)14(12)22/h1,6-7H,5H2,2-3H3. The monoisotopic (exact) mass is 432 g/mol. The van der Waals surface area contributed by atoms with Crippen LogP contribution in [-0.4, -0.2) is 32.7 Å². The molecule has 0 atom stereocenters. The molecule has 0 radical (unpaired) electrons. The highest BCUT2D eigenvalue weighted by Crippen LogP contribution is 2.44. The first-order valence-corrected chi connectivity index (χ1v) is 8.11. The predicted molar refractivity (Wildman–Crippen MR) is 92.8 cm³/mol. The summed E-state index contributed by atoms with van der Waals surface area (Å²) in [6.07, 6.45) is 0.677. The van der Waals surface area contributed by atoms with Crippen LogP contribution in [0.15, 0.2) is 12.1 Å². The number of amides is 1. The third-order valence-corrected chi connectivity index (χ3v) is 4.28. The van der Waals surface area contributed by atoms with Gasteiger partial charge in [0.2, 0.25) is 0 Å². The molecule has 11 heteroatoms. The van der Waals surface area contributed by atoms with Crippen LogP contribution in [0.5, 0.6) is 5.75 Å². The highest BCUT2D eigenvalue weighted by Gasteiger charge is 2.50. The number of ether oxygens (including phenoxy) is 1. The highest BCUT2D eigenvalue weighted by molar-refractivity contribution is 6.02. The molecule has 1 aliphatic heterocycles. The number of benzene rings is 2. The van der Waals surface area contributed by atoms with Crippen LogP contribution in [0.3, 0.4) is 0 Å². The minimum Gasteiger partial charge on any atom is -0.423 e. The van der Waals surface area contributed by atoms with Crippen molar-refractivity contribution in [3.63, 3.8) is 0 Å². The number of terminal acetylenes is 1. The zero-order valence-electron chi connectivity index (χ0n) is 15.3. The van der Waals surface area contributed by atoms with Crippen LogP contribution in [0.2, 0.25) is 0 Å². The Bertz CT molecular complexity index is 1080. The molecule has 0 saturated heterocycles. The number of rotatable bonds is 3. The summed E-state index contributed by atoms with van der Waals surface area (Å²) in [5, 5.41) is 0. The SMILES string of the molecule is C#CCN1C(=O)C(F)(F)Oc2cc(F)c(-c3c(F)c(F)c(N(C)C)c(F)c3F)cc21. The maximum atomic E-state index is 14.6. The zero-order chi connectivity index (χ0) is 22.5. The largest absolute Gasteiger partial charge is 0.483 e. The van der Waals surface area contributed by atoms with Crippen molar-refractivity contribution < 1.29 is 40.3 Å². The summed E-state index contributed by atoms with van der Waals surface area (Å²) < 4.78 is 104. The molecule has 1 heterocycles. The number of carbonyl (C=O) groups is 1. The van der Waals surface area contributed by atoms with E-state index < -0.39 is 75.9 Å². The van der Waals surface area contributed by atoms with E-state index in [9.17, 15) is 35.5 Å². The van der Waals surface area contributed by atoms with E-state index in [4.69, 9.17) is 6.42 Å². The number of hydrogen-bond donors (Lipinski definition) is 0. The van der Waals surface area contributed by atoms with E-state index in [-0.39, 0.29) is 0 Å². The minimum absolute atomic E-state index is 0.309. The van der Waals surface area contributed by atoms with Gasteiger partial charge in [-0.15, -0.1) is 6.42 Å². The summed E-state index contributed by atoms with van der Waals surface area (Å²) in [7, 11) is 2.25. The molecule has 2 aromatic carbocycles. The van der Waals surface area contributed by atoms with Gasteiger partial charge in [0.1, 0.15) is 11.5 Å². The van der Waals surface area contributed by atoms with Gasteiger partial charge in [0.05, 0.1) is 17.8 Å². The third kappa shape index (κ3) is 3.08. The van der Waals surface area contributed by atoms with Crippen molar-refractivity contribution in [1.82, 2.24) is 0 Å². The lowest BCUT2D eigenvalue weighted by atomic mass is 10.00. The van der Waals surface area contributed by atoms with Gasteiger partial charge in [-0.05, 0) is 6.07 Å². The molecule has 0 aliphatic carbocycles. The van der Waals surface area contributed by atoms with E-state index in [2.05, 4.69) is 4.74 Å². The molecule has 0 N–H and O–H groups in total. The Labute approximate surface area is 165 Å². The molecule has 0 unspecified atom stereocenters. The molecular formula is C19H11F7N2O2. The van der Waals surface area contributed by atoms with Crippen LogP contribution in [0.4, 0.5) is 42.1 Å². The van der Waals surface area contributed by atoms with Crippen LogP contribution in [0, 0.1) is 41.4 Å². The third-order valence-electron chi connectivity index (χ3n) is 4.28. The first kappa shape index (κ1) is 21.3. The second-order valence-corrected chi connectivity index (χ2v) is 6.39. The molecule has 0 saturated carbocycles. The van der Waals surface area contributed by atoms with Crippen LogP contribution in [0.1, 0.15) is 0 Å². The average Bonchev–Trinajstić information content (AvgIpc) is 2.64. The van der Waals surface area contributed by atoms with E-state index in [1.54, 1.807) is 0 Å². The molecule has 30 heavy (non-hydrogen) atoms. The molecule has 0 bridgehead atoms. The van der Waals surface area contributed by atoms with Crippen molar-refractivity contribution in [2.24, 2.45) is 0 Å². The smallest absolute Gasteiger partial charge is 0.423 e. The second-order valence-electron chi connectivity index (χ2n) is 6.39. The van der Waals surface area contributed by atoms with Gasteiger partial charge in [-0.1, -0.05) is 5.92 Å². The number of nitrogens with zero attached hydrogens (tertiary/aromatic N) is 2. The molecular weight excluding hydrogens is 421 g/mol. The predicted octanol–water partition coefficient (Wildman–Crippen LogP) is 4.07. The van der Waals surface area contributed by atoms with Crippen molar-refractivity contribution in [2.75, 3.05) is 30.4 Å². The summed E-state index contributed by atoms with van der Waals surface area (Å²) in [6, 6.07) is 0.855. The Balaban J connectivity index is 2.31. The molecule has 158 valence electrons. The number of alkyl halides is 2. The molecule has 0 fully saturated rings. The normalized spacial score (nSPS) is 14.8. The fraction of sp³-hybridized carbons (Fsp3) is 0.211. The van der Waals surface area contributed by atoms with Crippen LogP contribution in [-0.2, 0) is 4.79 Å². The number of hydrogen-bond acceptors (Lipinski definition) is 3. The summed E-state index contributed by atoms with van der Waals surface area (Å²) in [5.74, 6) is -9.82. The Hall–Kier alpha value is -3.42. The van der Waals surface area contributed by atoms with Gasteiger partial charge >= 0.3 is 12.0 Å². The van der Waals surface area contributed by atoms with E-state index in [1.807, 2.05) is 5.92 Å². The Kier molecular flexibility index (Phi) is 5.06. The first-order chi connectivity index (χ1) is 13.9. The summed E-state index contributed by atoms with van der Waals surface area (Å²) in [6.45, 7) is -0.719. The quantitative estimate of drug-likeness (QED) is 0.417. The van der Waals surface area contributed by atoms with Gasteiger partial charge in [0.25, 0.3) is 0 Å². The second kappa shape index (κ2) is 7.12. The van der Waals surface area contributed by atoms with Gasteiger partial charge in [0.15, 0.2) is 29.0 Å². The minimum atomic E-state index is -4.38. The Morgan fingerprint density at radius 3 is 2.13 bits per heavy atom. The molecule has 3 rings (SSSR count). The maximum Gasteiger partial charge on any atom is 0.483 e. The number of anilines is 2. The Morgan fingerprint density at radius 2 is 1.63 bits per heavy atom. The van der Waals surface area contributed by atoms with Crippen LogP contribution >= 0.6 is 0 Å². The van der Waals surface area contributed by atoms with Crippen molar-refractivity contribution in [3.05, 3.63) is 41.2 Å². The van der Waals surface area contributed by atoms with Gasteiger partial charge in [-0.2, -0.15) is 8.78 Å². The van der Waals surface area contributed by atoms with Crippen LogP contribution < -0.4 is 14.5 Å². The van der Waals surface area contributed by atoms with Crippen LogP contribution in [0.25, 0.3) is 11.1 Å². The molecule has 1 amide bonds. The molecule has 1 aliphatic rings. The van der Waals surface area contributed by atoms with E-state index in [0.29, 0.717) is 17.0 Å². The first-order valence-electron chi connectivity index (χ1n) is 8.11. The number of fused-ring (bicyclic) bond motifs is 1. The molecule has 0 aromatic heterocycles. The van der Waals surface area contributed by atoms with Gasteiger partial charge < -0.3 is 9.64 Å². The van der Waals surface area contributed by atoms with E-state index in [0.717, 1.165) is 19.0 Å². The number of halogens is 7. The topological polar surface area (TPSA) is 32.8 Å². The lowest BCUT2D eigenvalue weighted by Crippen LogP contribution is -2.51. The molecule has 0 spiro atoms. The van der Waals surface area contributed by atoms with Crippen molar-refractivity contribution in [1.29, 1.82) is 0 Å². The molecule has 4 nitrogen and oxygen atoms in total. The fourth-order valence-corrected chi connectivity index (χ4v) is 2.97. The van der Waals surface area contributed by atoms with Crippen molar-refractivity contribution >= 4 is 17.3 Å². The van der Waals surface area contributed by atoms with Gasteiger partial charge in [0, 0.05) is 25.7 Å². The Morgan fingerprint density at radius 1 is 1.07 bits per heavy atom. The summed E-state index contributed by atoms with van der Waals surface area (Å²) >= 11 is 0. The summed E-state index contributed by atoms with van der Waals surface area (Å²) in [5.41, 5.74) is -4.06. The van der Waals surface area contributed by atoms with Gasteiger partial charge in [-0.3, -0.25) is 9.69 Å². The van der Waals surface area contributed by atoms with Crippen molar-refractivity contribution in [3.8, 4) is 29.2 Å². The van der Waals surface area contributed by atoms with E-state index in [1.165, 1.54) is 0 Å². The lowest BCUT2D eigenvalue weighted by molar-refractivity contribution is -0.192. The van der Waals surface area contributed by atoms with E-state index >= 15 is 0 Å². The fourth-order valence-electron chi connectivity index (χ4n) is 2.97. The lowest BCUT2D eigenvalue weighted by Gasteiger charge is -2.32. The average molecular weight is 432 g/mol. The molecule has 2 aromatic rings. The zero-order valence-corrected chi connectivity index (χ0v) is 15.3. The maximum absolute atomic E-state index is 14.6. The van der Waals surface area contributed by atoms with Crippen molar-refractivity contribution in [2.45, 2.75) is 6.11 Å².